The Labute approximate surface area is 129 Å². The number of piperazine rings is 1. The minimum absolute atomic E-state index is 0.0248. The second-order valence-corrected chi connectivity index (χ2v) is 7.40. The van der Waals surface area contributed by atoms with Crippen molar-refractivity contribution in [1.82, 2.24) is 14.1 Å². The monoisotopic (exact) mass is 331 g/mol. The highest BCUT2D eigenvalue weighted by molar-refractivity contribution is 7.89. The van der Waals surface area contributed by atoms with Gasteiger partial charge in [-0.3, -0.25) is 10.1 Å². The average molecular weight is 331 g/mol. The molecule has 1 aromatic heterocycles. The summed E-state index contributed by atoms with van der Waals surface area (Å²) < 4.78 is 26.7. The molecule has 0 aromatic carbocycles. The minimum atomic E-state index is -3.21. The van der Waals surface area contributed by atoms with Gasteiger partial charge >= 0.3 is 5.69 Å². The Morgan fingerprint density at radius 2 is 1.82 bits per heavy atom. The Morgan fingerprint density at radius 1 is 1.23 bits per heavy atom. The summed E-state index contributed by atoms with van der Waals surface area (Å²) in [6.07, 6.45) is 0.480. The van der Waals surface area contributed by atoms with Gasteiger partial charge in [-0.1, -0.05) is 6.92 Å². The molecule has 10 heteroatoms. The number of nitro groups is 1. The van der Waals surface area contributed by atoms with Crippen LogP contribution in [0.25, 0.3) is 0 Å². The van der Waals surface area contributed by atoms with Crippen molar-refractivity contribution < 1.29 is 13.3 Å². The van der Waals surface area contributed by atoms with Crippen molar-refractivity contribution in [3.63, 3.8) is 0 Å². The number of anilines is 1. The van der Waals surface area contributed by atoms with Gasteiger partial charge < -0.3 is 4.90 Å². The number of hydrogen-bond donors (Lipinski definition) is 0. The molecule has 0 aliphatic carbocycles. The summed E-state index contributed by atoms with van der Waals surface area (Å²) >= 11 is 0. The number of aromatic nitrogens is 2. The molecule has 0 bridgehead atoms. The third-order valence-corrected chi connectivity index (χ3v) is 5.76. The van der Waals surface area contributed by atoms with Gasteiger partial charge in [-0.2, -0.15) is 9.40 Å². The van der Waals surface area contributed by atoms with Crippen LogP contribution in [0.4, 0.5) is 11.5 Å². The number of rotatable bonds is 5. The first-order valence-electron chi connectivity index (χ1n) is 7.24. The zero-order valence-electron chi connectivity index (χ0n) is 13.0. The van der Waals surface area contributed by atoms with Crippen molar-refractivity contribution in [3.8, 4) is 0 Å². The Morgan fingerprint density at radius 3 is 2.27 bits per heavy atom. The van der Waals surface area contributed by atoms with E-state index in [1.165, 1.54) is 8.99 Å². The third-order valence-electron chi connectivity index (χ3n) is 3.88. The van der Waals surface area contributed by atoms with E-state index < -0.39 is 14.9 Å². The lowest BCUT2D eigenvalue weighted by Crippen LogP contribution is -2.49. The van der Waals surface area contributed by atoms with E-state index >= 15 is 0 Å². The Kier molecular flexibility index (Phi) is 4.71. The fraction of sp³-hybridized carbons (Fsp3) is 0.750. The van der Waals surface area contributed by atoms with Gasteiger partial charge in [-0.05, 0) is 13.3 Å². The van der Waals surface area contributed by atoms with Crippen LogP contribution in [-0.4, -0.2) is 59.4 Å². The zero-order chi connectivity index (χ0) is 16.5. The van der Waals surface area contributed by atoms with Crippen LogP contribution in [0.1, 0.15) is 19.5 Å². The van der Waals surface area contributed by atoms with E-state index in [1.807, 2.05) is 11.8 Å². The topological polar surface area (TPSA) is 102 Å². The lowest BCUT2D eigenvalue weighted by atomic mass is 10.2. The Balaban J connectivity index is 2.25. The van der Waals surface area contributed by atoms with Crippen LogP contribution in [0, 0.1) is 10.1 Å². The van der Waals surface area contributed by atoms with Gasteiger partial charge in [-0.15, -0.1) is 0 Å². The zero-order valence-corrected chi connectivity index (χ0v) is 13.8. The van der Waals surface area contributed by atoms with Crippen LogP contribution in [0.2, 0.25) is 0 Å². The highest BCUT2D eigenvalue weighted by Crippen LogP contribution is 2.32. The largest absolute Gasteiger partial charge is 0.348 e. The second kappa shape index (κ2) is 6.21. The van der Waals surface area contributed by atoms with Crippen LogP contribution in [0.5, 0.6) is 0 Å². The van der Waals surface area contributed by atoms with E-state index in [0.29, 0.717) is 44.1 Å². The fourth-order valence-electron chi connectivity index (χ4n) is 2.70. The SMILES string of the molecule is CCc1nn(C)c(N2CCN(S(=O)(=O)CC)CC2)c1[N+](=O)[O-]. The van der Waals surface area contributed by atoms with Gasteiger partial charge in [0.2, 0.25) is 15.8 Å². The van der Waals surface area contributed by atoms with Crippen molar-refractivity contribution in [2.24, 2.45) is 7.05 Å². The van der Waals surface area contributed by atoms with Crippen LogP contribution < -0.4 is 4.90 Å². The predicted octanol–water partition coefficient (Wildman–Crippen LogP) is 0.362. The molecule has 1 aliphatic rings. The molecule has 1 aliphatic heterocycles. The standard InChI is InChI=1S/C12H21N5O4S/c1-4-10-11(17(18)19)12(14(3)13-10)15-6-8-16(9-7-15)22(20,21)5-2/h4-9H2,1-3H3. The first-order chi connectivity index (χ1) is 10.3. The molecule has 2 heterocycles. The molecule has 1 aromatic rings. The molecule has 9 nitrogen and oxygen atoms in total. The maximum atomic E-state index is 11.9. The summed E-state index contributed by atoms with van der Waals surface area (Å²) in [7, 11) is -1.54. The fourth-order valence-corrected chi connectivity index (χ4v) is 3.78. The van der Waals surface area contributed by atoms with Crippen molar-refractivity contribution in [2.45, 2.75) is 20.3 Å². The van der Waals surface area contributed by atoms with Gasteiger partial charge in [0.15, 0.2) is 0 Å². The molecule has 0 N–H and O–H groups in total. The molecule has 0 unspecified atom stereocenters. The van der Waals surface area contributed by atoms with Crippen LogP contribution in [0.15, 0.2) is 0 Å². The number of aryl methyl sites for hydroxylation is 2. The summed E-state index contributed by atoms with van der Waals surface area (Å²) in [4.78, 5) is 12.8. The van der Waals surface area contributed by atoms with Crippen LogP contribution in [-0.2, 0) is 23.5 Å². The summed E-state index contributed by atoms with van der Waals surface area (Å²) in [5.74, 6) is 0.522. The van der Waals surface area contributed by atoms with E-state index in [4.69, 9.17) is 0 Å². The van der Waals surface area contributed by atoms with E-state index in [0.717, 1.165) is 0 Å². The summed E-state index contributed by atoms with van der Waals surface area (Å²) in [6, 6.07) is 0. The molecule has 22 heavy (non-hydrogen) atoms. The molecule has 0 amide bonds. The molecule has 1 saturated heterocycles. The van der Waals surface area contributed by atoms with Crippen molar-refractivity contribution >= 4 is 21.5 Å². The van der Waals surface area contributed by atoms with Gasteiger partial charge in [0.05, 0.1) is 10.7 Å². The van der Waals surface area contributed by atoms with E-state index in [-0.39, 0.29) is 11.4 Å². The highest BCUT2D eigenvalue weighted by Gasteiger charge is 2.33. The molecule has 124 valence electrons. The molecule has 2 rings (SSSR count). The Bertz CT molecular complexity index is 661. The molecular formula is C12H21N5O4S. The average Bonchev–Trinajstić information content (AvgIpc) is 2.84. The van der Waals surface area contributed by atoms with Gasteiger partial charge in [0, 0.05) is 33.2 Å². The number of sulfonamides is 1. The van der Waals surface area contributed by atoms with E-state index in [9.17, 15) is 18.5 Å². The van der Waals surface area contributed by atoms with Gasteiger partial charge in [0.25, 0.3) is 0 Å². The molecule has 0 spiro atoms. The maximum absolute atomic E-state index is 11.9. The molecule has 0 radical (unpaired) electrons. The molecule has 0 saturated carbocycles. The molecule has 0 atom stereocenters. The predicted molar refractivity (Wildman–Crippen MR) is 82.5 cm³/mol. The Hall–Kier alpha value is -1.68. The third kappa shape index (κ3) is 2.93. The first kappa shape index (κ1) is 16.7. The van der Waals surface area contributed by atoms with Crippen LogP contribution >= 0.6 is 0 Å². The quantitative estimate of drug-likeness (QED) is 0.570. The van der Waals surface area contributed by atoms with Gasteiger partial charge in [-0.25, -0.2) is 13.1 Å². The number of hydrogen-bond acceptors (Lipinski definition) is 6. The smallest absolute Gasteiger partial charge is 0.334 e. The summed E-state index contributed by atoms with van der Waals surface area (Å²) in [5.41, 5.74) is 0.475. The second-order valence-electron chi connectivity index (χ2n) is 5.14. The lowest BCUT2D eigenvalue weighted by Gasteiger charge is -2.34. The minimum Gasteiger partial charge on any atom is -0.348 e. The van der Waals surface area contributed by atoms with Gasteiger partial charge in [0.1, 0.15) is 5.69 Å². The molecule has 1 fully saturated rings. The van der Waals surface area contributed by atoms with Crippen LogP contribution in [0.3, 0.4) is 0 Å². The van der Waals surface area contributed by atoms with Crippen molar-refractivity contribution in [1.29, 1.82) is 0 Å². The summed E-state index contributed by atoms with van der Waals surface area (Å²) in [6.45, 7) is 4.94. The molecular weight excluding hydrogens is 310 g/mol. The van der Waals surface area contributed by atoms with E-state index in [1.54, 1.807) is 14.0 Å². The first-order valence-corrected chi connectivity index (χ1v) is 8.85. The van der Waals surface area contributed by atoms with E-state index in [2.05, 4.69) is 5.10 Å². The normalized spacial score (nSPS) is 17.0. The number of nitrogens with zero attached hydrogens (tertiary/aromatic N) is 5. The summed E-state index contributed by atoms with van der Waals surface area (Å²) in [5, 5.41) is 15.6. The van der Waals surface area contributed by atoms with Crippen molar-refractivity contribution in [3.05, 3.63) is 15.8 Å². The lowest BCUT2D eigenvalue weighted by molar-refractivity contribution is -0.384. The van der Waals surface area contributed by atoms with Crippen molar-refractivity contribution in [2.75, 3.05) is 36.8 Å². The maximum Gasteiger partial charge on any atom is 0.334 e. The highest BCUT2D eigenvalue weighted by atomic mass is 32.2.